The fourth-order valence-electron chi connectivity index (χ4n) is 3.45. The summed E-state index contributed by atoms with van der Waals surface area (Å²) in [6.07, 6.45) is 3.04. The Bertz CT molecular complexity index is 755. The predicted molar refractivity (Wildman–Crippen MR) is 99.3 cm³/mol. The van der Waals surface area contributed by atoms with E-state index < -0.39 is 0 Å². The minimum Gasteiger partial charge on any atom is -0.335 e. The largest absolute Gasteiger partial charge is 0.335 e. The normalized spacial score (nSPS) is 16.6. The van der Waals surface area contributed by atoms with Crippen molar-refractivity contribution in [1.29, 1.82) is 0 Å². The van der Waals surface area contributed by atoms with Gasteiger partial charge in [0.15, 0.2) is 5.69 Å². The molecule has 0 unspecified atom stereocenters. The third kappa shape index (κ3) is 3.10. The van der Waals surface area contributed by atoms with Gasteiger partial charge in [-0.25, -0.2) is 4.68 Å². The summed E-state index contributed by atoms with van der Waals surface area (Å²) in [5.41, 5.74) is 4.01. The van der Waals surface area contributed by atoms with Crippen molar-refractivity contribution in [2.75, 3.05) is 26.2 Å². The van der Waals surface area contributed by atoms with Gasteiger partial charge in [-0.2, -0.15) is 5.10 Å². The number of benzene rings is 1. The molecule has 1 fully saturated rings. The highest BCUT2D eigenvalue weighted by molar-refractivity contribution is 9.10. The average molecular weight is 412 g/mol. The molecule has 2 heterocycles. The third-order valence-electron chi connectivity index (χ3n) is 4.59. The van der Waals surface area contributed by atoms with Crippen molar-refractivity contribution in [3.63, 3.8) is 0 Å². The fraction of sp³-hybridized carbons (Fsp3) is 0.412. The monoisotopic (exact) mass is 410 g/mol. The molecule has 0 atom stereocenters. The third-order valence-corrected chi connectivity index (χ3v) is 5.08. The number of amides is 1. The number of hydrogen-bond acceptors (Lipinski definition) is 3. The van der Waals surface area contributed by atoms with Gasteiger partial charge in [0.25, 0.3) is 5.91 Å². The molecule has 0 spiro atoms. The van der Waals surface area contributed by atoms with Crippen molar-refractivity contribution in [3.05, 3.63) is 45.7 Å². The van der Waals surface area contributed by atoms with Crippen LogP contribution in [0.15, 0.2) is 28.7 Å². The summed E-state index contributed by atoms with van der Waals surface area (Å²) in [6, 6.07) is 8.08. The molecule has 1 amide bonds. The molecule has 4 rings (SSSR count). The van der Waals surface area contributed by atoms with Gasteiger partial charge in [-0.05, 0) is 37.5 Å². The van der Waals surface area contributed by atoms with Gasteiger partial charge in [0.05, 0.1) is 5.69 Å². The van der Waals surface area contributed by atoms with E-state index >= 15 is 0 Å². The summed E-state index contributed by atoms with van der Waals surface area (Å²) < 4.78 is 2.98. The topological polar surface area (TPSA) is 50.2 Å². The molecule has 1 aromatic heterocycles. The van der Waals surface area contributed by atoms with E-state index in [2.05, 4.69) is 21.2 Å². The molecule has 0 radical (unpaired) electrons. The number of hydrogen-bond donors (Lipinski definition) is 1. The Morgan fingerprint density at radius 2 is 2.00 bits per heavy atom. The van der Waals surface area contributed by atoms with E-state index in [0.29, 0.717) is 5.69 Å². The number of fused-ring (bicyclic) bond motifs is 1. The Kier molecular flexibility index (Phi) is 5.27. The summed E-state index contributed by atoms with van der Waals surface area (Å²) >= 11 is 3.52. The van der Waals surface area contributed by atoms with Gasteiger partial charge < -0.3 is 10.2 Å². The number of piperazine rings is 1. The number of aromatic nitrogens is 2. The summed E-state index contributed by atoms with van der Waals surface area (Å²) in [5, 5.41) is 7.99. The number of rotatable bonds is 2. The number of carbonyl (C=O) groups excluding carboxylic acids is 1. The molecule has 7 heteroatoms. The van der Waals surface area contributed by atoms with E-state index in [1.165, 1.54) is 5.69 Å². The lowest BCUT2D eigenvalue weighted by Gasteiger charge is -2.26. The van der Waals surface area contributed by atoms with E-state index in [0.717, 1.165) is 61.2 Å². The van der Waals surface area contributed by atoms with Gasteiger partial charge in [-0.1, -0.05) is 22.0 Å². The molecule has 1 aliphatic heterocycles. The Morgan fingerprint density at radius 1 is 1.21 bits per heavy atom. The molecule has 0 bridgehead atoms. The van der Waals surface area contributed by atoms with Crippen molar-refractivity contribution in [3.8, 4) is 5.69 Å². The van der Waals surface area contributed by atoms with E-state index in [1.807, 2.05) is 33.8 Å². The van der Waals surface area contributed by atoms with Crippen LogP contribution >= 0.6 is 28.3 Å². The van der Waals surface area contributed by atoms with Crippen LogP contribution in [0.1, 0.15) is 28.2 Å². The first-order valence-electron chi connectivity index (χ1n) is 8.11. The molecular weight excluding hydrogens is 392 g/mol. The Balaban J connectivity index is 0.00000169. The van der Waals surface area contributed by atoms with Crippen LogP contribution in [0.5, 0.6) is 0 Å². The van der Waals surface area contributed by atoms with Crippen LogP contribution in [0.4, 0.5) is 0 Å². The molecule has 1 saturated heterocycles. The molecule has 2 aromatic rings. The molecule has 1 aliphatic carbocycles. The van der Waals surface area contributed by atoms with Crippen LogP contribution in [0.3, 0.4) is 0 Å². The second-order valence-corrected chi connectivity index (χ2v) is 6.98. The van der Waals surface area contributed by atoms with Crippen molar-refractivity contribution in [2.45, 2.75) is 19.3 Å². The molecule has 2 aliphatic rings. The maximum atomic E-state index is 12.9. The zero-order valence-electron chi connectivity index (χ0n) is 13.3. The first kappa shape index (κ1) is 17.5. The predicted octanol–water partition coefficient (Wildman–Crippen LogP) is 2.59. The lowest BCUT2D eigenvalue weighted by Crippen LogP contribution is -2.46. The zero-order valence-corrected chi connectivity index (χ0v) is 15.7. The Morgan fingerprint density at radius 3 is 2.75 bits per heavy atom. The van der Waals surface area contributed by atoms with Crippen molar-refractivity contribution >= 4 is 34.2 Å². The van der Waals surface area contributed by atoms with Crippen LogP contribution in [-0.4, -0.2) is 46.8 Å². The van der Waals surface area contributed by atoms with Crippen LogP contribution in [0, 0.1) is 0 Å². The quantitative estimate of drug-likeness (QED) is 0.826. The smallest absolute Gasteiger partial charge is 0.274 e. The summed E-state index contributed by atoms with van der Waals surface area (Å²) in [6.45, 7) is 3.25. The second-order valence-electron chi connectivity index (χ2n) is 6.06. The highest BCUT2D eigenvalue weighted by Gasteiger charge is 2.30. The Hall–Kier alpha value is -1.37. The van der Waals surface area contributed by atoms with Gasteiger partial charge in [-0.15, -0.1) is 12.4 Å². The molecule has 5 nitrogen and oxygen atoms in total. The first-order chi connectivity index (χ1) is 11.2. The minimum absolute atomic E-state index is 0. The Labute approximate surface area is 155 Å². The standard InChI is InChI=1S/C17H19BrN4O.ClH/c18-12-3-1-4-13(11-12)22-15-6-2-5-14(15)16(20-22)17(23)21-9-7-19-8-10-21;/h1,3-4,11,19H,2,5-10H2;1H. The van der Waals surface area contributed by atoms with Gasteiger partial charge in [0.1, 0.15) is 0 Å². The first-order valence-corrected chi connectivity index (χ1v) is 8.90. The summed E-state index contributed by atoms with van der Waals surface area (Å²) in [5.74, 6) is 0.0818. The minimum atomic E-state index is 0. The number of halogens is 2. The summed E-state index contributed by atoms with van der Waals surface area (Å²) in [4.78, 5) is 14.8. The van der Waals surface area contributed by atoms with Crippen molar-refractivity contribution in [2.24, 2.45) is 0 Å². The lowest BCUT2D eigenvalue weighted by atomic mass is 10.1. The highest BCUT2D eigenvalue weighted by atomic mass is 79.9. The van der Waals surface area contributed by atoms with E-state index in [4.69, 9.17) is 5.10 Å². The molecule has 128 valence electrons. The molecular formula is C17H20BrClN4O. The van der Waals surface area contributed by atoms with E-state index in [1.54, 1.807) is 0 Å². The average Bonchev–Trinajstić information content (AvgIpc) is 3.17. The van der Waals surface area contributed by atoms with E-state index in [-0.39, 0.29) is 18.3 Å². The van der Waals surface area contributed by atoms with Crippen molar-refractivity contribution < 1.29 is 4.79 Å². The molecule has 1 aromatic carbocycles. The lowest BCUT2D eigenvalue weighted by molar-refractivity contribution is 0.0728. The maximum absolute atomic E-state index is 12.9. The van der Waals surface area contributed by atoms with E-state index in [9.17, 15) is 4.79 Å². The second kappa shape index (κ2) is 7.25. The van der Waals surface area contributed by atoms with Crippen LogP contribution in [0.2, 0.25) is 0 Å². The van der Waals surface area contributed by atoms with Crippen LogP contribution in [-0.2, 0) is 12.8 Å². The summed E-state index contributed by atoms with van der Waals surface area (Å²) in [7, 11) is 0. The number of carbonyl (C=O) groups is 1. The fourth-order valence-corrected chi connectivity index (χ4v) is 3.84. The van der Waals surface area contributed by atoms with Gasteiger partial charge >= 0.3 is 0 Å². The van der Waals surface area contributed by atoms with Crippen LogP contribution in [0.25, 0.3) is 5.69 Å². The molecule has 24 heavy (non-hydrogen) atoms. The molecule has 1 N–H and O–H groups in total. The zero-order chi connectivity index (χ0) is 15.8. The number of nitrogens with zero attached hydrogens (tertiary/aromatic N) is 3. The highest BCUT2D eigenvalue weighted by Crippen LogP contribution is 2.29. The van der Waals surface area contributed by atoms with Gasteiger partial charge in [0.2, 0.25) is 0 Å². The van der Waals surface area contributed by atoms with Gasteiger partial charge in [-0.3, -0.25) is 4.79 Å². The number of nitrogens with one attached hydrogen (secondary N) is 1. The van der Waals surface area contributed by atoms with Crippen LogP contribution < -0.4 is 5.32 Å². The van der Waals surface area contributed by atoms with Crippen molar-refractivity contribution in [1.82, 2.24) is 20.0 Å². The molecule has 0 saturated carbocycles. The maximum Gasteiger partial charge on any atom is 0.274 e. The SMILES string of the molecule is Cl.O=C(c1nn(-c2cccc(Br)c2)c2c1CCC2)N1CCNCC1. The van der Waals surface area contributed by atoms with Gasteiger partial charge in [0, 0.05) is 41.9 Å².